The van der Waals surface area contributed by atoms with Gasteiger partial charge >= 0.3 is 5.97 Å². The Hall–Kier alpha value is -1.39. The third kappa shape index (κ3) is 1.42. The first-order valence-electron chi connectivity index (χ1n) is 5.53. The Labute approximate surface area is 93.4 Å². The Bertz CT molecular complexity index is 341. The number of likely N-dealkylation sites (tertiary alicyclic amines) is 1. The molecule has 1 aliphatic carbocycles. The van der Waals surface area contributed by atoms with Gasteiger partial charge in [-0.15, -0.1) is 0 Å². The summed E-state index contributed by atoms with van der Waals surface area (Å²) in [5.74, 6) is -1.89. The lowest BCUT2D eigenvalue weighted by Crippen LogP contribution is -2.44. The Morgan fingerprint density at radius 2 is 1.75 bits per heavy atom. The largest absolute Gasteiger partial charge is 0.480 e. The van der Waals surface area contributed by atoms with Gasteiger partial charge in [0.25, 0.3) is 0 Å². The molecule has 1 heterocycles. The van der Waals surface area contributed by atoms with Gasteiger partial charge in [0.15, 0.2) is 0 Å². The van der Waals surface area contributed by atoms with Crippen molar-refractivity contribution in [3.63, 3.8) is 0 Å². The average molecular weight is 225 g/mol. The SMILES string of the molecule is CC1CC2C(=O)N(C(C)C(=O)O)C(=O)C2C1. The number of carboxylic acids is 1. The molecule has 0 radical (unpaired) electrons. The van der Waals surface area contributed by atoms with Crippen LogP contribution in [0, 0.1) is 17.8 Å². The number of carbonyl (C=O) groups excluding carboxylic acids is 2. The minimum absolute atomic E-state index is 0.274. The highest BCUT2D eigenvalue weighted by Crippen LogP contribution is 2.43. The van der Waals surface area contributed by atoms with Crippen LogP contribution in [0.3, 0.4) is 0 Å². The van der Waals surface area contributed by atoms with Crippen LogP contribution >= 0.6 is 0 Å². The second-order valence-corrected chi connectivity index (χ2v) is 4.85. The molecule has 3 atom stereocenters. The van der Waals surface area contributed by atoms with Crippen molar-refractivity contribution in [1.82, 2.24) is 4.90 Å². The minimum Gasteiger partial charge on any atom is -0.480 e. The fourth-order valence-corrected chi connectivity index (χ4v) is 2.80. The lowest BCUT2D eigenvalue weighted by atomic mass is 10.00. The van der Waals surface area contributed by atoms with Gasteiger partial charge in [0, 0.05) is 0 Å². The van der Waals surface area contributed by atoms with Crippen molar-refractivity contribution in [1.29, 1.82) is 0 Å². The number of hydrogen-bond donors (Lipinski definition) is 1. The average Bonchev–Trinajstić information content (AvgIpc) is 2.67. The van der Waals surface area contributed by atoms with Crippen LogP contribution in [0.15, 0.2) is 0 Å². The first-order chi connectivity index (χ1) is 7.43. The molecule has 2 amide bonds. The van der Waals surface area contributed by atoms with E-state index in [1.807, 2.05) is 6.92 Å². The predicted octanol–water partition coefficient (Wildman–Crippen LogP) is 0.491. The maximum absolute atomic E-state index is 11.9. The molecule has 2 aliphatic rings. The Kier molecular flexibility index (Phi) is 2.48. The Morgan fingerprint density at radius 3 is 2.12 bits per heavy atom. The molecule has 16 heavy (non-hydrogen) atoms. The van der Waals surface area contributed by atoms with E-state index in [-0.39, 0.29) is 23.7 Å². The molecular weight excluding hydrogens is 210 g/mol. The molecule has 1 aliphatic heterocycles. The summed E-state index contributed by atoms with van der Waals surface area (Å²) in [7, 11) is 0. The van der Waals surface area contributed by atoms with Crippen molar-refractivity contribution in [3.8, 4) is 0 Å². The van der Waals surface area contributed by atoms with Crippen molar-refractivity contribution in [3.05, 3.63) is 0 Å². The summed E-state index contributed by atoms with van der Waals surface area (Å²) >= 11 is 0. The van der Waals surface area contributed by atoms with Crippen LogP contribution in [0.5, 0.6) is 0 Å². The number of rotatable bonds is 2. The molecule has 5 nitrogen and oxygen atoms in total. The van der Waals surface area contributed by atoms with E-state index in [9.17, 15) is 14.4 Å². The fourth-order valence-electron chi connectivity index (χ4n) is 2.80. The summed E-state index contributed by atoms with van der Waals surface area (Å²) in [6, 6.07) is -1.04. The first kappa shape index (κ1) is 11.1. The van der Waals surface area contributed by atoms with Gasteiger partial charge in [-0.1, -0.05) is 6.92 Å². The lowest BCUT2D eigenvalue weighted by molar-refractivity contribution is -0.154. The monoisotopic (exact) mass is 225 g/mol. The fraction of sp³-hybridized carbons (Fsp3) is 0.727. The molecule has 0 aromatic rings. The van der Waals surface area contributed by atoms with Crippen LogP contribution in [0.25, 0.3) is 0 Å². The second kappa shape index (κ2) is 3.57. The van der Waals surface area contributed by atoms with Gasteiger partial charge in [-0.25, -0.2) is 4.79 Å². The van der Waals surface area contributed by atoms with E-state index in [1.54, 1.807) is 0 Å². The highest BCUT2D eigenvalue weighted by molar-refractivity contribution is 6.07. The molecule has 0 bridgehead atoms. The van der Waals surface area contributed by atoms with E-state index in [2.05, 4.69) is 0 Å². The van der Waals surface area contributed by atoms with Gasteiger partial charge in [-0.2, -0.15) is 0 Å². The number of hydrogen-bond acceptors (Lipinski definition) is 3. The van der Waals surface area contributed by atoms with Gasteiger partial charge in [0.2, 0.25) is 11.8 Å². The first-order valence-corrected chi connectivity index (χ1v) is 5.53. The third-order valence-corrected chi connectivity index (χ3v) is 3.65. The van der Waals surface area contributed by atoms with Crippen LogP contribution in [0.4, 0.5) is 0 Å². The van der Waals surface area contributed by atoms with E-state index in [1.165, 1.54) is 6.92 Å². The molecule has 0 spiro atoms. The highest BCUT2D eigenvalue weighted by atomic mass is 16.4. The summed E-state index contributed by atoms with van der Waals surface area (Å²) in [6.07, 6.45) is 1.41. The zero-order valence-electron chi connectivity index (χ0n) is 9.34. The number of imide groups is 1. The quantitative estimate of drug-likeness (QED) is 0.694. The lowest BCUT2D eigenvalue weighted by Gasteiger charge is -2.20. The smallest absolute Gasteiger partial charge is 0.326 e. The summed E-state index contributed by atoms with van der Waals surface area (Å²) in [6.45, 7) is 3.40. The van der Waals surface area contributed by atoms with Crippen molar-refractivity contribution in [2.24, 2.45) is 17.8 Å². The third-order valence-electron chi connectivity index (χ3n) is 3.65. The van der Waals surface area contributed by atoms with Gasteiger partial charge < -0.3 is 5.11 Å². The predicted molar refractivity (Wildman–Crippen MR) is 54.3 cm³/mol. The molecule has 1 saturated heterocycles. The van der Waals surface area contributed by atoms with Gasteiger partial charge in [0.1, 0.15) is 6.04 Å². The molecule has 0 aromatic carbocycles. The van der Waals surface area contributed by atoms with Crippen molar-refractivity contribution in [2.45, 2.75) is 32.7 Å². The van der Waals surface area contributed by atoms with Crippen LogP contribution < -0.4 is 0 Å². The topological polar surface area (TPSA) is 74.7 Å². The van der Waals surface area contributed by atoms with Gasteiger partial charge in [-0.3, -0.25) is 14.5 Å². The standard InChI is InChI=1S/C11H15NO4/c1-5-3-7-8(4-5)10(14)12(9(7)13)6(2)11(15)16/h5-8H,3-4H2,1-2H3,(H,15,16). The van der Waals surface area contributed by atoms with E-state index in [0.29, 0.717) is 18.8 Å². The highest BCUT2D eigenvalue weighted by Gasteiger charge is 2.53. The molecule has 5 heteroatoms. The van der Waals surface area contributed by atoms with Crippen LogP contribution in [0.1, 0.15) is 26.7 Å². The molecule has 0 aromatic heterocycles. The minimum atomic E-state index is -1.13. The number of nitrogens with zero attached hydrogens (tertiary/aromatic N) is 1. The van der Waals surface area contributed by atoms with Crippen LogP contribution in [0.2, 0.25) is 0 Å². The molecular formula is C11H15NO4. The second-order valence-electron chi connectivity index (χ2n) is 4.85. The molecule has 1 saturated carbocycles. The van der Waals surface area contributed by atoms with E-state index in [0.717, 1.165) is 4.90 Å². The molecule has 2 rings (SSSR count). The summed E-state index contributed by atoms with van der Waals surface area (Å²) < 4.78 is 0. The van der Waals surface area contributed by atoms with Crippen LogP contribution in [-0.4, -0.2) is 33.8 Å². The number of carbonyl (C=O) groups is 3. The normalized spacial score (nSPS) is 35.4. The van der Waals surface area contributed by atoms with Crippen LogP contribution in [-0.2, 0) is 14.4 Å². The van der Waals surface area contributed by atoms with Gasteiger partial charge in [0.05, 0.1) is 11.8 Å². The number of amides is 2. The number of carboxylic acid groups (broad SMARTS) is 1. The van der Waals surface area contributed by atoms with E-state index < -0.39 is 12.0 Å². The Balaban J connectivity index is 2.24. The number of aliphatic carboxylic acids is 1. The van der Waals surface area contributed by atoms with Gasteiger partial charge in [-0.05, 0) is 25.7 Å². The number of fused-ring (bicyclic) bond motifs is 1. The summed E-state index contributed by atoms with van der Waals surface area (Å²) in [5.41, 5.74) is 0. The molecule has 3 unspecified atom stereocenters. The maximum Gasteiger partial charge on any atom is 0.326 e. The van der Waals surface area contributed by atoms with Crippen molar-refractivity contribution in [2.75, 3.05) is 0 Å². The van der Waals surface area contributed by atoms with E-state index in [4.69, 9.17) is 5.11 Å². The molecule has 88 valence electrons. The summed E-state index contributed by atoms with van der Waals surface area (Å²) in [4.78, 5) is 35.6. The van der Waals surface area contributed by atoms with Crippen molar-refractivity contribution >= 4 is 17.8 Å². The van der Waals surface area contributed by atoms with E-state index >= 15 is 0 Å². The summed E-state index contributed by atoms with van der Waals surface area (Å²) in [5, 5.41) is 8.85. The maximum atomic E-state index is 11.9. The van der Waals surface area contributed by atoms with Crippen molar-refractivity contribution < 1.29 is 19.5 Å². The zero-order valence-corrected chi connectivity index (χ0v) is 9.34. The molecule has 2 fully saturated rings. The Morgan fingerprint density at radius 1 is 1.31 bits per heavy atom. The molecule has 1 N–H and O–H groups in total. The zero-order chi connectivity index (χ0) is 12.0.